The number of aryl methyl sites for hydroxylation is 1. The molecule has 2 aliphatic rings. The molecule has 0 bridgehead atoms. The van der Waals surface area contributed by atoms with Crippen LogP contribution < -0.4 is 10.5 Å². The molecule has 1 N–H and O–H groups in total. The van der Waals surface area contributed by atoms with E-state index in [2.05, 4.69) is 33.7 Å². The maximum absolute atomic E-state index is 12.6. The molecule has 0 aromatic carbocycles. The molecule has 7 nitrogen and oxygen atoms in total. The molecule has 0 spiro atoms. The molecule has 0 atom stereocenters. The molecule has 1 fully saturated rings. The van der Waals surface area contributed by atoms with Crippen molar-refractivity contribution in [2.45, 2.75) is 46.2 Å². The summed E-state index contributed by atoms with van der Waals surface area (Å²) in [6.07, 6.45) is 5.02. The van der Waals surface area contributed by atoms with Crippen molar-refractivity contribution < 1.29 is 0 Å². The molecule has 0 unspecified atom stereocenters. The summed E-state index contributed by atoms with van der Waals surface area (Å²) in [6, 6.07) is 0. The van der Waals surface area contributed by atoms with E-state index in [0.717, 1.165) is 75.1 Å². The van der Waals surface area contributed by atoms with E-state index in [1.807, 2.05) is 17.9 Å². The predicted octanol–water partition coefficient (Wildman–Crippen LogP) is 1.61. The molecule has 0 aliphatic carbocycles. The van der Waals surface area contributed by atoms with Gasteiger partial charge in [0.1, 0.15) is 0 Å². The van der Waals surface area contributed by atoms with Crippen molar-refractivity contribution in [2.75, 3.05) is 24.5 Å². The quantitative estimate of drug-likeness (QED) is 0.905. The number of nitrogens with one attached hydrogen (secondary N) is 1. The highest BCUT2D eigenvalue weighted by Crippen LogP contribution is 2.22. The van der Waals surface area contributed by atoms with Crippen LogP contribution >= 0.6 is 0 Å². The Morgan fingerprint density at radius 2 is 2.04 bits per heavy atom. The summed E-state index contributed by atoms with van der Waals surface area (Å²) in [5.41, 5.74) is 4.28. The van der Waals surface area contributed by atoms with Crippen molar-refractivity contribution in [1.29, 1.82) is 0 Å². The van der Waals surface area contributed by atoms with Gasteiger partial charge in [0.05, 0.1) is 11.9 Å². The number of fused-ring (bicyclic) bond motifs is 1. The second-order valence-electron chi connectivity index (χ2n) is 7.82. The topological polar surface area (TPSA) is 70.1 Å². The maximum atomic E-state index is 12.6. The van der Waals surface area contributed by atoms with Gasteiger partial charge in [-0.1, -0.05) is 6.92 Å². The summed E-state index contributed by atoms with van der Waals surface area (Å²) in [6.45, 7) is 8.79. The first kappa shape index (κ1) is 17.3. The monoisotopic (exact) mass is 356 g/mol. The fourth-order valence-corrected chi connectivity index (χ4v) is 3.93. The molecule has 4 rings (SSSR count). The Balaban J connectivity index is 1.54. The molecule has 2 aromatic rings. The van der Waals surface area contributed by atoms with Gasteiger partial charge in [0, 0.05) is 56.6 Å². The summed E-state index contributed by atoms with van der Waals surface area (Å²) in [7, 11) is 1.97. The third kappa shape index (κ3) is 3.28. The van der Waals surface area contributed by atoms with Crippen LogP contribution in [0.2, 0.25) is 0 Å². The van der Waals surface area contributed by atoms with E-state index in [1.165, 1.54) is 11.3 Å². The third-order valence-corrected chi connectivity index (χ3v) is 5.95. The van der Waals surface area contributed by atoms with Gasteiger partial charge < -0.3 is 4.90 Å². The second-order valence-corrected chi connectivity index (χ2v) is 7.82. The Bertz CT molecular complexity index is 846. The largest absolute Gasteiger partial charge is 0.342 e. The lowest BCUT2D eigenvalue weighted by Crippen LogP contribution is -2.39. The van der Waals surface area contributed by atoms with E-state index < -0.39 is 0 Å². The van der Waals surface area contributed by atoms with E-state index >= 15 is 0 Å². The van der Waals surface area contributed by atoms with E-state index in [-0.39, 0.29) is 5.56 Å². The van der Waals surface area contributed by atoms with Gasteiger partial charge >= 0.3 is 0 Å². The lowest BCUT2D eigenvalue weighted by Gasteiger charge is -2.32. The smallest absolute Gasteiger partial charge is 0.255 e. The number of hydrogen-bond acceptors (Lipinski definition) is 5. The van der Waals surface area contributed by atoms with Crippen molar-refractivity contribution in [3.05, 3.63) is 39.1 Å². The molecule has 0 saturated carbocycles. The van der Waals surface area contributed by atoms with Gasteiger partial charge in [0.2, 0.25) is 5.95 Å². The summed E-state index contributed by atoms with van der Waals surface area (Å²) in [5.74, 6) is 1.51. The second kappa shape index (κ2) is 6.87. The SMILES string of the molecule is Cc1c(CN2CCc3c(nc(N4CCC(C)CC4)[nH]c3=O)C2)cnn1C. The van der Waals surface area contributed by atoms with Gasteiger partial charge in [-0.2, -0.15) is 5.10 Å². The average Bonchev–Trinajstić information content (AvgIpc) is 2.94. The molecule has 0 amide bonds. The number of piperidine rings is 1. The predicted molar refractivity (Wildman–Crippen MR) is 101 cm³/mol. The van der Waals surface area contributed by atoms with Crippen molar-refractivity contribution in [3.8, 4) is 0 Å². The minimum atomic E-state index is 0.0424. The van der Waals surface area contributed by atoms with Crippen molar-refractivity contribution >= 4 is 5.95 Å². The first-order chi connectivity index (χ1) is 12.5. The van der Waals surface area contributed by atoms with Crippen LogP contribution in [0.5, 0.6) is 0 Å². The molecule has 1 saturated heterocycles. The Morgan fingerprint density at radius 3 is 2.73 bits per heavy atom. The highest BCUT2D eigenvalue weighted by molar-refractivity contribution is 5.35. The van der Waals surface area contributed by atoms with Crippen LogP contribution in [0.4, 0.5) is 5.95 Å². The molecule has 2 aliphatic heterocycles. The summed E-state index contributed by atoms with van der Waals surface area (Å²) in [4.78, 5) is 25.0. The number of nitrogens with zero attached hydrogens (tertiary/aromatic N) is 5. The summed E-state index contributed by atoms with van der Waals surface area (Å²) in [5, 5.41) is 4.33. The minimum absolute atomic E-state index is 0.0424. The normalized spacial score (nSPS) is 19.0. The van der Waals surface area contributed by atoms with Gasteiger partial charge in [-0.05, 0) is 32.1 Å². The highest BCUT2D eigenvalue weighted by atomic mass is 16.1. The number of aromatic nitrogens is 4. The lowest BCUT2D eigenvalue weighted by atomic mass is 9.99. The van der Waals surface area contributed by atoms with Gasteiger partial charge in [-0.25, -0.2) is 4.98 Å². The fraction of sp³-hybridized carbons (Fsp3) is 0.632. The molecule has 26 heavy (non-hydrogen) atoms. The van der Waals surface area contributed by atoms with E-state index in [0.29, 0.717) is 0 Å². The molecule has 7 heteroatoms. The molecule has 140 valence electrons. The highest BCUT2D eigenvalue weighted by Gasteiger charge is 2.24. The van der Waals surface area contributed by atoms with Gasteiger partial charge in [-0.15, -0.1) is 0 Å². The zero-order chi connectivity index (χ0) is 18.3. The zero-order valence-electron chi connectivity index (χ0n) is 16.0. The first-order valence-corrected chi connectivity index (χ1v) is 9.58. The Labute approximate surface area is 154 Å². The van der Waals surface area contributed by atoms with Crippen LogP contribution in [-0.2, 0) is 26.6 Å². The maximum Gasteiger partial charge on any atom is 0.255 e. The Hall–Kier alpha value is -2.15. The third-order valence-electron chi connectivity index (χ3n) is 5.95. The van der Waals surface area contributed by atoms with Gasteiger partial charge in [0.15, 0.2) is 0 Å². The fourth-order valence-electron chi connectivity index (χ4n) is 3.93. The van der Waals surface area contributed by atoms with Crippen LogP contribution in [0.3, 0.4) is 0 Å². The van der Waals surface area contributed by atoms with Crippen molar-refractivity contribution in [3.63, 3.8) is 0 Å². The molecular formula is C19H28N6O. The zero-order valence-corrected chi connectivity index (χ0v) is 16.0. The number of rotatable bonds is 3. The summed E-state index contributed by atoms with van der Waals surface area (Å²) < 4.78 is 1.91. The first-order valence-electron chi connectivity index (χ1n) is 9.58. The van der Waals surface area contributed by atoms with Crippen LogP contribution in [0, 0.1) is 12.8 Å². The number of anilines is 1. The average molecular weight is 356 g/mol. The molecule has 2 aromatic heterocycles. The Morgan fingerprint density at radius 1 is 1.27 bits per heavy atom. The minimum Gasteiger partial charge on any atom is -0.342 e. The number of H-pyrrole nitrogens is 1. The van der Waals surface area contributed by atoms with Crippen molar-refractivity contribution in [2.24, 2.45) is 13.0 Å². The molecule has 0 radical (unpaired) electrons. The standard InChI is InChI=1S/C19H28N6O/c1-13-4-8-25(9-5-13)19-21-17-12-24(7-6-16(17)18(26)22-19)11-15-10-20-23(3)14(15)2/h10,13H,4-9,11-12H2,1-3H3,(H,21,22,26). The van der Waals surface area contributed by atoms with Crippen LogP contribution in [0.25, 0.3) is 0 Å². The Kier molecular flexibility index (Phi) is 4.56. The van der Waals surface area contributed by atoms with E-state index in [4.69, 9.17) is 4.98 Å². The summed E-state index contributed by atoms with van der Waals surface area (Å²) >= 11 is 0. The van der Waals surface area contributed by atoms with Crippen LogP contribution in [-0.4, -0.2) is 44.3 Å². The van der Waals surface area contributed by atoms with Crippen LogP contribution in [0.15, 0.2) is 11.0 Å². The van der Waals surface area contributed by atoms with E-state index in [9.17, 15) is 4.79 Å². The van der Waals surface area contributed by atoms with Crippen molar-refractivity contribution in [1.82, 2.24) is 24.6 Å². The van der Waals surface area contributed by atoms with Crippen LogP contribution in [0.1, 0.15) is 42.3 Å². The van der Waals surface area contributed by atoms with Gasteiger partial charge in [0.25, 0.3) is 5.56 Å². The lowest BCUT2D eigenvalue weighted by molar-refractivity contribution is 0.240. The number of aromatic amines is 1. The molecule has 4 heterocycles. The number of hydrogen-bond donors (Lipinski definition) is 1. The molecular weight excluding hydrogens is 328 g/mol. The van der Waals surface area contributed by atoms with E-state index in [1.54, 1.807) is 0 Å². The van der Waals surface area contributed by atoms with Gasteiger partial charge in [-0.3, -0.25) is 19.4 Å².